The van der Waals surface area contributed by atoms with E-state index in [1.54, 1.807) is 6.08 Å². The molecule has 0 saturated carbocycles. The summed E-state index contributed by atoms with van der Waals surface area (Å²) in [5.41, 5.74) is 0. The van der Waals surface area contributed by atoms with Crippen LogP contribution in [0.4, 0.5) is 0 Å². The quantitative estimate of drug-likeness (QED) is 0.0261. The van der Waals surface area contributed by atoms with Gasteiger partial charge in [0.05, 0.1) is 25.4 Å². The van der Waals surface area contributed by atoms with E-state index in [0.717, 1.165) is 38.5 Å². The topological polar surface area (TPSA) is 149 Å². The first-order valence-electron chi connectivity index (χ1n) is 34.1. The third-order valence-corrected chi connectivity index (χ3v) is 16.5. The van der Waals surface area contributed by atoms with Gasteiger partial charge in [0, 0.05) is 6.42 Å². The van der Waals surface area contributed by atoms with Gasteiger partial charge >= 0.3 is 0 Å². The molecule has 456 valence electrons. The number of aliphatic hydroxyl groups is 5. The van der Waals surface area contributed by atoms with Gasteiger partial charge in [-0.1, -0.05) is 334 Å². The van der Waals surface area contributed by atoms with Gasteiger partial charge in [-0.05, 0) is 32.1 Å². The van der Waals surface area contributed by atoms with Crippen molar-refractivity contribution in [3.63, 3.8) is 0 Å². The maximum absolute atomic E-state index is 13.1. The number of unbranched alkanes of at least 4 members (excludes halogenated alkanes) is 48. The monoisotopic (exact) mass is 1090 g/mol. The van der Waals surface area contributed by atoms with Crippen molar-refractivity contribution in [2.45, 2.75) is 391 Å². The van der Waals surface area contributed by atoms with E-state index in [2.05, 4.69) is 31.3 Å². The van der Waals surface area contributed by atoms with Crippen LogP contribution in [0.5, 0.6) is 0 Å². The maximum Gasteiger partial charge on any atom is 0.220 e. The molecule has 7 atom stereocenters. The van der Waals surface area contributed by atoms with Gasteiger partial charge in [0.2, 0.25) is 5.91 Å². The van der Waals surface area contributed by atoms with Gasteiger partial charge in [-0.15, -0.1) is 0 Å². The Morgan fingerprint density at radius 1 is 0.429 bits per heavy atom. The van der Waals surface area contributed by atoms with E-state index in [9.17, 15) is 30.3 Å². The summed E-state index contributed by atoms with van der Waals surface area (Å²) in [5, 5.41) is 54.5. The predicted molar refractivity (Wildman–Crippen MR) is 327 cm³/mol. The van der Waals surface area contributed by atoms with Gasteiger partial charge in [0.25, 0.3) is 0 Å². The van der Waals surface area contributed by atoms with Crippen LogP contribution in [0.25, 0.3) is 0 Å². The van der Waals surface area contributed by atoms with E-state index < -0.39 is 49.5 Å². The van der Waals surface area contributed by atoms with Crippen molar-refractivity contribution in [1.82, 2.24) is 5.32 Å². The Morgan fingerprint density at radius 2 is 0.740 bits per heavy atom. The third-order valence-electron chi connectivity index (χ3n) is 16.5. The second kappa shape index (κ2) is 57.9. The summed E-state index contributed by atoms with van der Waals surface area (Å²) in [6, 6.07) is -0.819. The lowest BCUT2D eigenvalue weighted by atomic mass is 9.99. The number of hydrogen-bond acceptors (Lipinski definition) is 8. The molecule has 0 radical (unpaired) electrons. The molecule has 1 heterocycles. The van der Waals surface area contributed by atoms with Gasteiger partial charge in [-0.2, -0.15) is 0 Å². The Hall–Kier alpha value is -1.33. The minimum Gasteiger partial charge on any atom is -0.394 e. The largest absolute Gasteiger partial charge is 0.394 e. The van der Waals surface area contributed by atoms with Crippen LogP contribution in [0, 0.1) is 0 Å². The molecule has 9 nitrogen and oxygen atoms in total. The molecule has 77 heavy (non-hydrogen) atoms. The molecule has 0 aromatic carbocycles. The van der Waals surface area contributed by atoms with E-state index >= 15 is 0 Å². The molecular weight excluding hydrogens is 959 g/mol. The van der Waals surface area contributed by atoms with Gasteiger partial charge in [-0.25, -0.2) is 0 Å². The van der Waals surface area contributed by atoms with Crippen molar-refractivity contribution in [2.75, 3.05) is 13.2 Å². The molecule has 0 aliphatic carbocycles. The summed E-state index contributed by atoms with van der Waals surface area (Å²) < 4.78 is 11.3. The summed E-state index contributed by atoms with van der Waals surface area (Å²) in [6.45, 7) is 3.80. The lowest BCUT2D eigenvalue weighted by molar-refractivity contribution is -0.302. The van der Waals surface area contributed by atoms with Crippen molar-refractivity contribution < 1.29 is 39.8 Å². The van der Waals surface area contributed by atoms with Crippen LogP contribution in [0.3, 0.4) is 0 Å². The maximum atomic E-state index is 13.1. The first-order chi connectivity index (χ1) is 37.8. The van der Waals surface area contributed by atoms with Crippen LogP contribution in [-0.2, 0) is 14.3 Å². The summed E-state index contributed by atoms with van der Waals surface area (Å²) in [4.78, 5) is 13.1. The number of hydrogen-bond donors (Lipinski definition) is 6. The number of allylic oxidation sites excluding steroid dienone is 3. The summed E-state index contributed by atoms with van der Waals surface area (Å²) in [6.07, 6.45) is 68.8. The molecule has 0 aromatic rings. The Kier molecular flexibility index (Phi) is 55.4. The summed E-state index contributed by atoms with van der Waals surface area (Å²) in [7, 11) is 0. The van der Waals surface area contributed by atoms with E-state index in [1.165, 1.54) is 289 Å². The zero-order valence-electron chi connectivity index (χ0n) is 51.0. The normalized spacial score (nSPS) is 18.8. The van der Waals surface area contributed by atoms with Crippen molar-refractivity contribution in [3.05, 3.63) is 24.3 Å². The van der Waals surface area contributed by atoms with Crippen LogP contribution in [0.2, 0.25) is 0 Å². The van der Waals surface area contributed by atoms with Crippen LogP contribution in [-0.4, -0.2) is 87.5 Å². The van der Waals surface area contributed by atoms with Crippen LogP contribution in [0.1, 0.15) is 348 Å². The molecule has 1 fully saturated rings. The van der Waals surface area contributed by atoms with Crippen molar-refractivity contribution in [3.8, 4) is 0 Å². The fraction of sp³-hybridized carbons (Fsp3) is 0.926. The Balaban J connectivity index is 2.04. The molecule has 7 unspecified atom stereocenters. The Labute approximate surface area is 477 Å². The highest BCUT2D eigenvalue weighted by Crippen LogP contribution is 2.23. The number of rotatable bonds is 60. The van der Waals surface area contributed by atoms with E-state index in [4.69, 9.17) is 9.47 Å². The average molecular weight is 1090 g/mol. The number of carbonyl (C=O) groups excluding carboxylic acids is 1. The summed E-state index contributed by atoms with van der Waals surface area (Å²) >= 11 is 0. The predicted octanol–water partition coefficient (Wildman–Crippen LogP) is 18.1. The molecule has 1 amide bonds. The summed E-state index contributed by atoms with van der Waals surface area (Å²) in [5.74, 6) is -0.179. The van der Waals surface area contributed by atoms with Crippen LogP contribution >= 0.6 is 0 Å². The minimum absolute atomic E-state index is 0.179. The van der Waals surface area contributed by atoms with E-state index in [0.29, 0.717) is 6.42 Å². The van der Waals surface area contributed by atoms with Crippen LogP contribution in [0.15, 0.2) is 24.3 Å². The fourth-order valence-corrected chi connectivity index (χ4v) is 11.2. The standard InChI is InChI=1S/C68H131NO8/c1-3-5-7-9-11-13-15-17-19-21-22-23-24-25-26-27-28-29-30-31-32-33-34-35-36-37-38-39-40-41-42-44-46-48-50-52-54-56-58-64(72)69-61(60-76-68-67(75)66(74)65(73)63(59-70)77-68)62(71)57-55-53-51-49-47-45-43-20-18-16-14-12-10-8-6-4-2/h47,49,55,57,61-63,65-68,70-71,73-75H,3-46,48,50-54,56,58-60H2,1-2H3,(H,69,72)/b49-47+,57-55+. The molecule has 0 spiro atoms. The lowest BCUT2D eigenvalue weighted by Crippen LogP contribution is -2.60. The first-order valence-corrected chi connectivity index (χ1v) is 34.1. The molecule has 0 bridgehead atoms. The fourth-order valence-electron chi connectivity index (χ4n) is 11.2. The second-order valence-electron chi connectivity index (χ2n) is 24.0. The average Bonchev–Trinajstić information content (AvgIpc) is 3.43. The van der Waals surface area contributed by atoms with Crippen molar-refractivity contribution >= 4 is 5.91 Å². The third kappa shape index (κ3) is 46.9. The molecule has 1 rings (SSSR count). The molecule has 0 aromatic heterocycles. The smallest absolute Gasteiger partial charge is 0.220 e. The van der Waals surface area contributed by atoms with E-state index in [-0.39, 0.29) is 12.5 Å². The number of nitrogens with one attached hydrogen (secondary N) is 1. The van der Waals surface area contributed by atoms with Crippen molar-refractivity contribution in [1.29, 1.82) is 0 Å². The highest BCUT2D eigenvalue weighted by Gasteiger charge is 2.44. The van der Waals surface area contributed by atoms with Crippen molar-refractivity contribution in [2.24, 2.45) is 0 Å². The molecule has 1 aliphatic rings. The zero-order chi connectivity index (χ0) is 55.8. The first kappa shape index (κ1) is 73.7. The molecule has 1 aliphatic heterocycles. The van der Waals surface area contributed by atoms with Gasteiger partial charge in [0.1, 0.15) is 24.4 Å². The van der Waals surface area contributed by atoms with E-state index in [1.807, 2.05) is 6.08 Å². The molecule has 6 N–H and O–H groups in total. The minimum atomic E-state index is -1.57. The number of amides is 1. The van der Waals surface area contributed by atoms with Gasteiger partial charge < -0.3 is 40.3 Å². The zero-order valence-corrected chi connectivity index (χ0v) is 51.0. The Morgan fingerprint density at radius 3 is 1.09 bits per heavy atom. The Bertz CT molecular complexity index is 1260. The molecule has 1 saturated heterocycles. The second-order valence-corrected chi connectivity index (χ2v) is 24.0. The highest BCUT2D eigenvalue weighted by molar-refractivity contribution is 5.76. The van der Waals surface area contributed by atoms with Crippen LogP contribution < -0.4 is 5.32 Å². The lowest BCUT2D eigenvalue weighted by Gasteiger charge is -2.40. The SMILES string of the molecule is CCCCCCCCCCCC/C=C/CC/C=C/C(O)C(COC1OC(CO)C(O)C(O)C1O)NC(=O)CCCCCCCCCCCCCCCCCCCCCCCCCCCCCCCCCCCCCCCC. The number of aliphatic hydroxyl groups excluding tert-OH is 5. The number of ether oxygens (including phenoxy) is 2. The van der Waals surface area contributed by atoms with Gasteiger partial charge in [-0.3, -0.25) is 4.79 Å². The highest BCUT2D eigenvalue weighted by atomic mass is 16.7. The van der Waals surface area contributed by atoms with Gasteiger partial charge in [0.15, 0.2) is 6.29 Å². The molecular formula is C68H131NO8. The number of carbonyl (C=O) groups is 1. The molecule has 9 heteroatoms.